The first-order chi connectivity index (χ1) is 11.0. The number of aromatic nitrogens is 3. The predicted molar refractivity (Wildman–Crippen MR) is 88.2 cm³/mol. The fraction of sp³-hybridized carbons (Fsp3) is 0.438. The first kappa shape index (κ1) is 17.0. The van der Waals surface area contributed by atoms with Gasteiger partial charge in [0, 0.05) is 12.3 Å². The van der Waals surface area contributed by atoms with Crippen LogP contribution in [-0.2, 0) is 6.54 Å². The number of rotatable bonds is 6. The van der Waals surface area contributed by atoms with Crippen molar-refractivity contribution in [1.29, 1.82) is 0 Å². The predicted octanol–water partition coefficient (Wildman–Crippen LogP) is 1.92. The molecule has 23 heavy (non-hydrogen) atoms. The standard InChI is InChI=1S/C16H23N5O2/c1-4-16(3,11-22)19-15(23)18-14-9-12(2)20-21(14)10-13-7-5-6-8-17-13/h5-9,22H,4,10-11H2,1-3H3,(H2,18,19,23). The van der Waals surface area contributed by atoms with Gasteiger partial charge in [-0.2, -0.15) is 5.10 Å². The number of aryl methyl sites for hydroxylation is 1. The SMILES string of the molecule is CCC(C)(CO)NC(=O)Nc1cc(C)nn1Cc1ccccn1. The van der Waals surface area contributed by atoms with Crippen LogP contribution in [0.3, 0.4) is 0 Å². The Bertz CT molecular complexity index is 650. The average Bonchev–Trinajstić information content (AvgIpc) is 2.87. The summed E-state index contributed by atoms with van der Waals surface area (Å²) < 4.78 is 1.69. The topological polar surface area (TPSA) is 92.1 Å². The third kappa shape index (κ3) is 4.53. The molecular formula is C16H23N5O2. The molecule has 0 aromatic carbocycles. The van der Waals surface area contributed by atoms with E-state index >= 15 is 0 Å². The maximum absolute atomic E-state index is 12.2. The number of carbonyl (C=O) groups is 1. The Morgan fingerprint density at radius 3 is 2.83 bits per heavy atom. The molecule has 2 aromatic rings. The molecule has 2 aromatic heterocycles. The fourth-order valence-corrected chi connectivity index (χ4v) is 2.07. The average molecular weight is 317 g/mol. The van der Waals surface area contributed by atoms with Gasteiger partial charge in [0.2, 0.25) is 0 Å². The van der Waals surface area contributed by atoms with Gasteiger partial charge in [0.15, 0.2) is 0 Å². The Morgan fingerprint density at radius 2 is 2.22 bits per heavy atom. The molecule has 0 aliphatic carbocycles. The van der Waals surface area contributed by atoms with Crippen molar-refractivity contribution in [2.24, 2.45) is 0 Å². The number of aliphatic hydroxyl groups excluding tert-OH is 1. The lowest BCUT2D eigenvalue weighted by Gasteiger charge is -2.27. The van der Waals surface area contributed by atoms with Crippen molar-refractivity contribution in [1.82, 2.24) is 20.1 Å². The van der Waals surface area contributed by atoms with Crippen LogP contribution >= 0.6 is 0 Å². The Hall–Kier alpha value is -2.41. The molecule has 2 rings (SSSR count). The summed E-state index contributed by atoms with van der Waals surface area (Å²) in [5.74, 6) is 0.585. The minimum absolute atomic E-state index is 0.122. The lowest BCUT2D eigenvalue weighted by Crippen LogP contribution is -2.50. The van der Waals surface area contributed by atoms with Gasteiger partial charge in [-0.05, 0) is 32.4 Å². The number of nitrogens with one attached hydrogen (secondary N) is 2. The van der Waals surface area contributed by atoms with E-state index in [0.29, 0.717) is 18.8 Å². The summed E-state index contributed by atoms with van der Waals surface area (Å²) in [5, 5.41) is 19.3. The van der Waals surface area contributed by atoms with Gasteiger partial charge in [0.1, 0.15) is 5.82 Å². The molecule has 0 aliphatic heterocycles. The van der Waals surface area contributed by atoms with E-state index in [2.05, 4.69) is 20.7 Å². The Labute approximate surface area is 135 Å². The molecule has 0 aliphatic rings. The second-order valence-corrected chi connectivity index (χ2v) is 5.80. The number of nitrogens with zero attached hydrogens (tertiary/aromatic N) is 3. The molecule has 7 heteroatoms. The summed E-state index contributed by atoms with van der Waals surface area (Å²) in [6.45, 7) is 5.91. The van der Waals surface area contributed by atoms with Gasteiger partial charge in [0.25, 0.3) is 0 Å². The largest absolute Gasteiger partial charge is 0.394 e. The molecule has 0 fully saturated rings. The number of pyridine rings is 1. The first-order valence-corrected chi connectivity index (χ1v) is 7.60. The van der Waals surface area contributed by atoms with Gasteiger partial charge >= 0.3 is 6.03 Å². The van der Waals surface area contributed by atoms with Crippen LogP contribution in [0.4, 0.5) is 10.6 Å². The van der Waals surface area contributed by atoms with Crippen LogP contribution in [-0.4, -0.2) is 38.0 Å². The number of aliphatic hydroxyl groups is 1. The monoisotopic (exact) mass is 317 g/mol. The molecule has 2 heterocycles. The normalized spacial score (nSPS) is 13.4. The lowest BCUT2D eigenvalue weighted by atomic mass is 10.0. The molecule has 7 nitrogen and oxygen atoms in total. The van der Waals surface area contributed by atoms with E-state index < -0.39 is 5.54 Å². The van der Waals surface area contributed by atoms with Gasteiger partial charge in [-0.15, -0.1) is 0 Å². The maximum atomic E-state index is 12.2. The highest BCUT2D eigenvalue weighted by atomic mass is 16.3. The van der Waals surface area contributed by atoms with E-state index in [0.717, 1.165) is 11.4 Å². The Kier molecular flexibility index (Phi) is 5.33. The van der Waals surface area contributed by atoms with Crippen molar-refractivity contribution in [2.75, 3.05) is 11.9 Å². The van der Waals surface area contributed by atoms with E-state index in [1.54, 1.807) is 23.9 Å². The van der Waals surface area contributed by atoms with Crippen molar-refractivity contribution >= 4 is 11.8 Å². The van der Waals surface area contributed by atoms with E-state index in [4.69, 9.17) is 0 Å². The van der Waals surface area contributed by atoms with Gasteiger partial charge in [-0.3, -0.25) is 10.3 Å². The minimum Gasteiger partial charge on any atom is -0.394 e. The number of carbonyl (C=O) groups excluding carboxylic acids is 1. The Balaban J connectivity index is 2.10. The van der Waals surface area contributed by atoms with E-state index in [1.807, 2.05) is 32.0 Å². The fourth-order valence-electron chi connectivity index (χ4n) is 2.07. The van der Waals surface area contributed by atoms with Crippen LogP contribution < -0.4 is 10.6 Å². The smallest absolute Gasteiger partial charge is 0.320 e. The zero-order valence-electron chi connectivity index (χ0n) is 13.7. The van der Waals surface area contributed by atoms with Gasteiger partial charge < -0.3 is 10.4 Å². The second kappa shape index (κ2) is 7.23. The summed E-state index contributed by atoms with van der Waals surface area (Å²) in [6.07, 6.45) is 2.35. The quantitative estimate of drug-likeness (QED) is 0.759. The van der Waals surface area contributed by atoms with Crippen LogP contribution in [0.1, 0.15) is 31.7 Å². The summed E-state index contributed by atoms with van der Waals surface area (Å²) in [5.41, 5.74) is 1.01. The van der Waals surface area contributed by atoms with Crippen LogP contribution in [0.25, 0.3) is 0 Å². The summed E-state index contributed by atoms with van der Waals surface area (Å²) in [6, 6.07) is 7.09. The third-order valence-electron chi connectivity index (χ3n) is 3.73. The zero-order chi connectivity index (χ0) is 16.9. The van der Waals surface area contributed by atoms with Crippen molar-refractivity contribution < 1.29 is 9.90 Å². The molecule has 2 amide bonds. The highest BCUT2D eigenvalue weighted by Gasteiger charge is 2.23. The second-order valence-electron chi connectivity index (χ2n) is 5.80. The number of hydrogen-bond acceptors (Lipinski definition) is 4. The van der Waals surface area contributed by atoms with Gasteiger partial charge in [0.05, 0.1) is 30.1 Å². The molecule has 0 saturated heterocycles. The number of anilines is 1. The van der Waals surface area contributed by atoms with Crippen molar-refractivity contribution in [3.05, 3.63) is 41.9 Å². The number of hydrogen-bond donors (Lipinski definition) is 3. The van der Waals surface area contributed by atoms with E-state index in [9.17, 15) is 9.90 Å². The summed E-state index contributed by atoms with van der Waals surface area (Å²) >= 11 is 0. The van der Waals surface area contributed by atoms with Crippen LogP contribution in [0.15, 0.2) is 30.5 Å². The van der Waals surface area contributed by atoms with Gasteiger partial charge in [-0.1, -0.05) is 13.0 Å². The molecule has 0 spiro atoms. The highest BCUT2D eigenvalue weighted by Crippen LogP contribution is 2.13. The van der Waals surface area contributed by atoms with Crippen molar-refractivity contribution in [3.63, 3.8) is 0 Å². The molecular weight excluding hydrogens is 294 g/mol. The van der Waals surface area contributed by atoms with Gasteiger partial charge in [-0.25, -0.2) is 9.48 Å². The zero-order valence-corrected chi connectivity index (χ0v) is 13.7. The molecule has 1 atom stereocenters. The van der Waals surface area contributed by atoms with Crippen molar-refractivity contribution in [2.45, 2.75) is 39.3 Å². The first-order valence-electron chi connectivity index (χ1n) is 7.60. The minimum atomic E-state index is -0.648. The van der Waals surface area contributed by atoms with Crippen LogP contribution in [0.5, 0.6) is 0 Å². The molecule has 124 valence electrons. The summed E-state index contributed by atoms with van der Waals surface area (Å²) in [7, 11) is 0. The molecule has 0 saturated carbocycles. The summed E-state index contributed by atoms with van der Waals surface area (Å²) in [4.78, 5) is 16.4. The highest BCUT2D eigenvalue weighted by molar-refractivity contribution is 5.89. The van der Waals surface area contributed by atoms with Crippen molar-refractivity contribution in [3.8, 4) is 0 Å². The number of amides is 2. The molecule has 1 unspecified atom stereocenters. The molecule has 0 radical (unpaired) electrons. The number of urea groups is 1. The van der Waals surface area contributed by atoms with Crippen LogP contribution in [0.2, 0.25) is 0 Å². The molecule has 0 bridgehead atoms. The van der Waals surface area contributed by atoms with E-state index in [1.165, 1.54) is 0 Å². The van der Waals surface area contributed by atoms with Crippen LogP contribution in [0, 0.1) is 6.92 Å². The third-order valence-corrected chi connectivity index (χ3v) is 3.73. The lowest BCUT2D eigenvalue weighted by molar-refractivity contribution is 0.172. The van der Waals surface area contributed by atoms with E-state index in [-0.39, 0.29) is 12.6 Å². The Morgan fingerprint density at radius 1 is 1.43 bits per heavy atom. The maximum Gasteiger partial charge on any atom is 0.320 e. The molecule has 3 N–H and O–H groups in total.